The van der Waals surface area contributed by atoms with Gasteiger partial charge in [-0.3, -0.25) is 9.59 Å². The van der Waals surface area contributed by atoms with Crippen LogP contribution in [0, 0.1) is 18.3 Å². The molecule has 0 spiro atoms. The highest BCUT2D eigenvalue weighted by Crippen LogP contribution is 2.44. The van der Waals surface area contributed by atoms with Crippen molar-refractivity contribution in [3.63, 3.8) is 0 Å². The van der Waals surface area contributed by atoms with Crippen LogP contribution in [0.4, 0.5) is 4.79 Å². The van der Waals surface area contributed by atoms with E-state index in [1.165, 1.54) is 0 Å². The zero-order chi connectivity index (χ0) is 24.1. The molecule has 2 amide bonds. The number of nitrogens with zero attached hydrogens (tertiary/aromatic N) is 1. The molecule has 0 fully saturated rings. The molecule has 2 aromatic carbocycles. The lowest BCUT2D eigenvalue weighted by molar-refractivity contribution is -0.146. The highest BCUT2D eigenvalue weighted by molar-refractivity contribution is 5.84. The van der Waals surface area contributed by atoms with E-state index < -0.39 is 30.6 Å². The van der Waals surface area contributed by atoms with Crippen molar-refractivity contribution in [3.8, 4) is 23.5 Å². The van der Waals surface area contributed by atoms with E-state index in [1.807, 2.05) is 36.4 Å². The van der Waals surface area contributed by atoms with Crippen molar-refractivity contribution in [2.75, 3.05) is 19.7 Å². The number of carbonyl (C=O) groups excluding carboxylic acids is 2. The largest absolute Gasteiger partial charge is 0.480 e. The predicted molar refractivity (Wildman–Crippen MR) is 127 cm³/mol. The number of nitrogens with one attached hydrogen (secondary N) is 1. The molecular formula is C27H26N2O5. The van der Waals surface area contributed by atoms with E-state index in [2.05, 4.69) is 35.5 Å². The van der Waals surface area contributed by atoms with Gasteiger partial charge in [0.05, 0.1) is 12.6 Å². The maximum absolute atomic E-state index is 12.8. The molecule has 4 rings (SSSR count). The summed E-state index contributed by atoms with van der Waals surface area (Å²) in [6.45, 7) is -0.323. The van der Waals surface area contributed by atoms with Crippen LogP contribution in [0.3, 0.4) is 0 Å². The maximum atomic E-state index is 12.8. The first-order valence-electron chi connectivity index (χ1n) is 11.2. The van der Waals surface area contributed by atoms with E-state index in [9.17, 15) is 14.4 Å². The second kappa shape index (κ2) is 10.3. The molecule has 7 nitrogen and oxygen atoms in total. The molecule has 0 radical (unpaired) electrons. The normalized spacial score (nSPS) is 18.3. The van der Waals surface area contributed by atoms with Crippen LogP contribution in [0.2, 0.25) is 0 Å². The third kappa shape index (κ3) is 4.96. The lowest BCUT2D eigenvalue weighted by Crippen LogP contribution is -2.44. The fraction of sp³-hybridized carbons (Fsp3) is 0.296. The van der Waals surface area contributed by atoms with Gasteiger partial charge >= 0.3 is 12.1 Å². The lowest BCUT2D eigenvalue weighted by atomic mass is 9.90. The van der Waals surface area contributed by atoms with E-state index in [4.69, 9.17) is 16.3 Å². The molecular weight excluding hydrogens is 432 g/mol. The quantitative estimate of drug-likeness (QED) is 0.490. The van der Waals surface area contributed by atoms with Crippen molar-refractivity contribution in [3.05, 3.63) is 71.8 Å². The number of amides is 2. The molecule has 0 saturated heterocycles. The van der Waals surface area contributed by atoms with Crippen LogP contribution in [0.1, 0.15) is 29.9 Å². The van der Waals surface area contributed by atoms with Crippen molar-refractivity contribution < 1.29 is 24.2 Å². The fourth-order valence-corrected chi connectivity index (χ4v) is 4.73. The van der Waals surface area contributed by atoms with Crippen molar-refractivity contribution in [2.24, 2.45) is 5.92 Å². The number of rotatable bonds is 7. The second-order valence-electron chi connectivity index (χ2n) is 8.47. The van der Waals surface area contributed by atoms with Crippen LogP contribution in [0.5, 0.6) is 0 Å². The van der Waals surface area contributed by atoms with Gasteiger partial charge < -0.3 is 20.1 Å². The number of carboxylic acids is 1. The molecule has 2 aliphatic carbocycles. The number of allylic oxidation sites excluding steroid dienone is 1. The summed E-state index contributed by atoms with van der Waals surface area (Å²) in [6, 6.07) is 15.8. The van der Waals surface area contributed by atoms with Gasteiger partial charge in [0.15, 0.2) is 0 Å². The molecule has 0 bridgehead atoms. The van der Waals surface area contributed by atoms with Gasteiger partial charge in [0, 0.05) is 11.8 Å². The van der Waals surface area contributed by atoms with Crippen LogP contribution < -0.4 is 5.32 Å². The Bertz CT molecular complexity index is 1120. The number of hydrogen-bond donors (Lipinski definition) is 2. The maximum Gasteiger partial charge on any atom is 0.407 e. The average Bonchev–Trinajstić information content (AvgIpc) is 3.16. The Morgan fingerprint density at radius 3 is 2.35 bits per heavy atom. The zero-order valence-corrected chi connectivity index (χ0v) is 18.6. The first-order valence-corrected chi connectivity index (χ1v) is 11.2. The minimum atomic E-state index is -1.12. The molecule has 0 aromatic heterocycles. The molecule has 2 N–H and O–H groups in total. The zero-order valence-electron chi connectivity index (χ0n) is 18.6. The standard InChI is InChI=1S/C27H26N2O5/c1-2-14-29(16-25(30)31)26(32)18-8-7-9-19(15-18)28-27(33)34-17-24-22-12-5-3-10-20(22)21-11-4-6-13-23(21)24/h1,3-7,9-13,18-19,24H,8,14-17H2,(H,28,33)(H,30,31). The number of aliphatic carboxylic acids is 1. The van der Waals surface area contributed by atoms with E-state index in [1.54, 1.807) is 0 Å². The average molecular weight is 459 g/mol. The van der Waals surface area contributed by atoms with Crippen molar-refractivity contribution in [2.45, 2.75) is 24.8 Å². The molecule has 0 aliphatic heterocycles. The topological polar surface area (TPSA) is 95.9 Å². The van der Waals surface area contributed by atoms with Gasteiger partial charge in [0.25, 0.3) is 0 Å². The Kier molecular flexibility index (Phi) is 6.98. The van der Waals surface area contributed by atoms with Gasteiger partial charge in [-0.2, -0.15) is 0 Å². The molecule has 7 heteroatoms. The minimum Gasteiger partial charge on any atom is -0.480 e. The predicted octanol–water partition coefficient (Wildman–Crippen LogP) is 3.41. The Morgan fingerprint density at radius 1 is 1.09 bits per heavy atom. The van der Waals surface area contributed by atoms with Crippen LogP contribution in [-0.2, 0) is 14.3 Å². The van der Waals surface area contributed by atoms with E-state index in [0.717, 1.165) is 27.2 Å². The monoisotopic (exact) mass is 458 g/mol. The first kappa shape index (κ1) is 23.1. The van der Waals surface area contributed by atoms with Gasteiger partial charge in [-0.05, 0) is 35.1 Å². The Labute approximate surface area is 198 Å². The number of fused-ring (bicyclic) bond motifs is 3. The van der Waals surface area contributed by atoms with Crippen LogP contribution in [0.25, 0.3) is 11.1 Å². The minimum absolute atomic E-state index is 0.0392. The molecule has 0 heterocycles. The second-order valence-corrected chi connectivity index (χ2v) is 8.47. The smallest absolute Gasteiger partial charge is 0.407 e. The number of alkyl carbamates (subject to hydrolysis) is 1. The number of terminal acetylenes is 1. The lowest BCUT2D eigenvalue weighted by Gasteiger charge is -2.28. The summed E-state index contributed by atoms with van der Waals surface area (Å²) in [5.41, 5.74) is 4.57. The Balaban J connectivity index is 1.35. The highest BCUT2D eigenvalue weighted by Gasteiger charge is 2.31. The highest BCUT2D eigenvalue weighted by atomic mass is 16.5. The van der Waals surface area contributed by atoms with E-state index >= 15 is 0 Å². The Morgan fingerprint density at radius 2 is 1.74 bits per heavy atom. The van der Waals surface area contributed by atoms with Crippen molar-refractivity contribution >= 4 is 18.0 Å². The molecule has 2 aliphatic rings. The third-order valence-corrected chi connectivity index (χ3v) is 6.24. The summed E-state index contributed by atoms with van der Waals surface area (Å²) < 4.78 is 5.59. The van der Waals surface area contributed by atoms with Crippen LogP contribution >= 0.6 is 0 Å². The van der Waals surface area contributed by atoms with Crippen LogP contribution in [-0.4, -0.2) is 53.7 Å². The van der Waals surface area contributed by atoms with Gasteiger partial charge in [0.1, 0.15) is 13.2 Å². The van der Waals surface area contributed by atoms with E-state index in [-0.39, 0.29) is 25.0 Å². The molecule has 34 heavy (non-hydrogen) atoms. The van der Waals surface area contributed by atoms with Crippen molar-refractivity contribution in [1.29, 1.82) is 0 Å². The summed E-state index contributed by atoms with van der Waals surface area (Å²) in [7, 11) is 0. The summed E-state index contributed by atoms with van der Waals surface area (Å²) in [4.78, 5) is 37.6. The number of carboxylic acid groups (broad SMARTS) is 1. The summed E-state index contributed by atoms with van der Waals surface area (Å²) in [5.74, 6) is 0.376. The van der Waals surface area contributed by atoms with Crippen LogP contribution in [0.15, 0.2) is 60.7 Å². The molecule has 174 valence electrons. The van der Waals surface area contributed by atoms with Gasteiger partial charge in [-0.1, -0.05) is 66.6 Å². The fourth-order valence-electron chi connectivity index (χ4n) is 4.73. The molecule has 0 saturated carbocycles. The summed E-state index contributed by atoms with van der Waals surface area (Å²) in [5, 5.41) is 11.9. The summed E-state index contributed by atoms with van der Waals surface area (Å²) in [6.07, 6.45) is 9.18. The number of carbonyl (C=O) groups is 3. The SMILES string of the molecule is C#CCN(CC(=O)O)C(=O)C1CC=CC(NC(=O)OCC2c3ccccc3-c3ccccc32)C1. The molecule has 2 aromatic rings. The third-order valence-electron chi connectivity index (χ3n) is 6.24. The van der Waals surface area contributed by atoms with Gasteiger partial charge in [-0.25, -0.2) is 4.79 Å². The number of ether oxygens (including phenoxy) is 1. The molecule has 2 atom stereocenters. The number of benzene rings is 2. The Hall–Kier alpha value is -4.05. The van der Waals surface area contributed by atoms with Gasteiger partial charge in [0.2, 0.25) is 5.91 Å². The van der Waals surface area contributed by atoms with Crippen molar-refractivity contribution in [1.82, 2.24) is 10.2 Å². The molecule has 2 unspecified atom stereocenters. The first-order chi connectivity index (χ1) is 16.5. The summed E-state index contributed by atoms with van der Waals surface area (Å²) >= 11 is 0. The van der Waals surface area contributed by atoms with E-state index in [0.29, 0.717) is 12.8 Å². The number of hydrogen-bond acceptors (Lipinski definition) is 4. The van der Waals surface area contributed by atoms with Gasteiger partial charge in [-0.15, -0.1) is 6.42 Å².